The molecule has 3 aromatic carbocycles. The van der Waals surface area contributed by atoms with Crippen LogP contribution < -0.4 is 5.32 Å². The molecule has 0 bridgehead atoms. The minimum Gasteiger partial charge on any atom is -0.436 e. The van der Waals surface area contributed by atoms with E-state index in [1.54, 1.807) is 43.3 Å². The number of aryl methyl sites for hydroxylation is 1. The molecule has 0 aliphatic rings. The fourth-order valence-corrected chi connectivity index (χ4v) is 3.30. The van der Waals surface area contributed by atoms with Gasteiger partial charge in [-0.3, -0.25) is 14.9 Å². The van der Waals surface area contributed by atoms with Crippen LogP contribution in [0.15, 0.2) is 59.0 Å². The molecule has 7 nitrogen and oxygen atoms in total. The van der Waals surface area contributed by atoms with Crippen molar-refractivity contribution in [3.8, 4) is 11.5 Å². The number of halogens is 2. The molecule has 0 saturated heterocycles. The highest BCUT2D eigenvalue weighted by molar-refractivity contribution is 6.35. The first-order chi connectivity index (χ1) is 14.3. The minimum atomic E-state index is -0.518. The van der Waals surface area contributed by atoms with E-state index in [0.717, 1.165) is 0 Å². The number of amides is 1. The zero-order chi connectivity index (χ0) is 21.4. The summed E-state index contributed by atoms with van der Waals surface area (Å²) in [4.78, 5) is 27.5. The van der Waals surface area contributed by atoms with Gasteiger partial charge in [0.05, 0.1) is 15.5 Å². The topological polar surface area (TPSA) is 98.3 Å². The van der Waals surface area contributed by atoms with Crippen molar-refractivity contribution in [1.82, 2.24) is 4.98 Å². The number of aromatic nitrogens is 1. The van der Waals surface area contributed by atoms with Crippen LogP contribution in [0.25, 0.3) is 22.6 Å². The number of nitrogens with zero attached hydrogens (tertiary/aromatic N) is 2. The van der Waals surface area contributed by atoms with Crippen molar-refractivity contribution in [2.24, 2.45) is 0 Å². The van der Waals surface area contributed by atoms with Crippen molar-refractivity contribution in [1.29, 1.82) is 0 Å². The number of rotatable bonds is 4. The maximum atomic E-state index is 12.5. The Kier molecular flexibility index (Phi) is 5.15. The van der Waals surface area contributed by atoms with E-state index >= 15 is 0 Å². The highest BCUT2D eigenvalue weighted by Crippen LogP contribution is 2.33. The molecule has 1 heterocycles. The molecular formula is C21H13Cl2N3O4. The van der Waals surface area contributed by atoms with Gasteiger partial charge in [-0.25, -0.2) is 4.98 Å². The van der Waals surface area contributed by atoms with Crippen molar-refractivity contribution < 1.29 is 14.1 Å². The van der Waals surface area contributed by atoms with Crippen LogP contribution in [-0.4, -0.2) is 15.8 Å². The molecule has 30 heavy (non-hydrogen) atoms. The fraction of sp³-hybridized carbons (Fsp3) is 0.0476. The molecule has 0 saturated carbocycles. The maximum absolute atomic E-state index is 12.5. The van der Waals surface area contributed by atoms with Gasteiger partial charge in [0.25, 0.3) is 11.6 Å². The van der Waals surface area contributed by atoms with Crippen LogP contribution in [0, 0.1) is 17.0 Å². The SMILES string of the molecule is Cc1ccc(C(=O)Nc2ccc3oc(-c4cc(Cl)ccc4Cl)nc3c2)cc1[N+](=O)[O-]. The van der Waals surface area contributed by atoms with Gasteiger partial charge in [-0.15, -0.1) is 0 Å². The normalized spacial score (nSPS) is 10.9. The number of nitrogens with one attached hydrogen (secondary N) is 1. The molecule has 0 fully saturated rings. The molecule has 9 heteroatoms. The lowest BCUT2D eigenvalue weighted by Gasteiger charge is -2.06. The average Bonchev–Trinajstić information content (AvgIpc) is 3.13. The number of nitro groups is 1. The van der Waals surface area contributed by atoms with Gasteiger partial charge < -0.3 is 9.73 Å². The Hall–Kier alpha value is -3.42. The van der Waals surface area contributed by atoms with Gasteiger partial charge in [-0.2, -0.15) is 0 Å². The summed E-state index contributed by atoms with van der Waals surface area (Å²) in [6, 6.07) is 14.2. The third kappa shape index (κ3) is 3.85. The van der Waals surface area contributed by atoms with E-state index in [1.807, 2.05) is 0 Å². The van der Waals surface area contributed by atoms with Gasteiger partial charge in [-0.1, -0.05) is 29.3 Å². The Morgan fingerprint density at radius 1 is 1.10 bits per heavy atom. The molecule has 0 atom stereocenters. The van der Waals surface area contributed by atoms with E-state index in [-0.39, 0.29) is 11.3 Å². The molecule has 1 N–H and O–H groups in total. The summed E-state index contributed by atoms with van der Waals surface area (Å²) in [5.74, 6) is -0.172. The monoisotopic (exact) mass is 441 g/mol. The molecular weight excluding hydrogens is 429 g/mol. The number of benzene rings is 3. The van der Waals surface area contributed by atoms with Gasteiger partial charge in [0.2, 0.25) is 5.89 Å². The lowest BCUT2D eigenvalue weighted by atomic mass is 10.1. The minimum absolute atomic E-state index is 0.113. The largest absolute Gasteiger partial charge is 0.436 e. The molecule has 1 aromatic heterocycles. The summed E-state index contributed by atoms with van der Waals surface area (Å²) in [6.07, 6.45) is 0. The first-order valence-electron chi connectivity index (χ1n) is 8.74. The number of oxazole rings is 1. The average molecular weight is 442 g/mol. The molecule has 0 unspecified atom stereocenters. The highest BCUT2D eigenvalue weighted by Gasteiger charge is 2.16. The third-order valence-electron chi connectivity index (χ3n) is 4.47. The third-order valence-corrected chi connectivity index (χ3v) is 5.04. The molecule has 150 valence electrons. The Labute approximate surface area is 180 Å². The number of fused-ring (bicyclic) bond motifs is 1. The number of hydrogen-bond donors (Lipinski definition) is 1. The van der Waals surface area contributed by atoms with E-state index in [9.17, 15) is 14.9 Å². The van der Waals surface area contributed by atoms with Crippen LogP contribution in [-0.2, 0) is 0 Å². The quantitative estimate of drug-likeness (QED) is 0.297. The summed E-state index contributed by atoms with van der Waals surface area (Å²) in [6.45, 7) is 1.61. The van der Waals surface area contributed by atoms with Crippen LogP contribution in [0.3, 0.4) is 0 Å². The van der Waals surface area contributed by atoms with Crippen LogP contribution in [0.5, 0.6) is 0 Å². The van der Waals surface area contributed by atoms with Crippen molar-refractivity contribution in [3.05, 3.63) is 85.9 Å². The summed E-state index contributed by atoms with van der Waals surface area (Å²) in [5.41, 5.74) is 2.58. The second-order valence-electron chi connectivity index (χ2n) is 6.54. The fourth-order valence-electron chi connectivity index (χ4n) is 2.93. The Balaban J connectivity index is 1.63. The van der Waals surface area contributed by atoms with Crippen molar-refractivity contribution in [3.63, 3.8) is 0 Å². The number of anilines is 1. The second kappa shape index (κ2) is 7.78. The van der Waals surface area contributed by atoms with Gasteiger partial charge >= 0.3 is 0 Å². The Morgan fingerprint density at radius 3 is 2.67 bits per heavy atom. The first-order valence-corrected chi connectivity index (χ1v) is 9.50. The molecule has 0 spiro atoms. The standard InChI is InChI=1S/C21H13Cl2N3O4/c1-11-2-3-12(8-18(11)26(28)29)20(27)24-14-5-7-19-17(10-14)25-21(30-19)15-9-13(22)4-6-16(15)23/h2-10H,1H3,(H,24,27). The molecule has 4 aromatic rings. The van der Waals surface area contributed by atoms with Crippen LogP contribution in [0.4, 0.5) is 11.4 Å². The van der Waals surface area contributed by atoms with Crippen molar-refractivity contribution in [2.75, 3.05) is 5.32 Å². The summed E-state index contributed by atoms with van der Waals surface area (Å²) >= 11 is 12.2. The molecule has 1 amide bonds. The summed E-state index contributed by atoms with van der Waals surface area (Å²) < 4.78 is 5.75. The van der Waals surface area contributed by atoms with E-state index in [0.29, 0.717) is 43.9 Å². The van der Waals surface area contributed by atoms with Crippen molar-refractivity contribution >= 4 is 51.6 Å². The van der Waals surface area contributed by atoms with E-state index in [2.05, 4.69) is 10.3 Å². The predicted octanol–water partition coefficient (Wildman–Crippen LogP) is 6.27. The number of carbonyl (C=O) groups excluding carboxylic acids is 1. The maximum Gasteiger partial charge on any atom is 0.273 e. The van der Waals surface area contributed by atoms with Gasteiger partial charge in [0.15, 0.2) is 5.58 Å². The molecule has 0 aliphatic heterocycles. The first kappa shape index (κ1) is 19.9. The Bertz CT molecular complexity index is 1320. The number of hydrogen-bond acceptors (Lipinski definition) is 5. The zero-order valence-electron chi connectivity index (χ0n) is 15.5. The van der Waals surface area contributed by atoms with Crippen LogP contribution in [0.2, 0.25) is 10.0 Å². The van der Waals surface area contributed by atoms with Gasteiger partial charge in [0.1, 0.15) is 5.52 Å². The lowest BCUT2D eigenvalue weighted by Crippen LogP contribution is -2.12. The number of nitro benzene ring substituents is 1. The van der Waals surface area contributed by atoms with Crippen LogP contribution >= 0.6 is 23.2 Å². The second-order valence-corrected chi connectivity index (χ2v) is 7.38. The predicted molar refractivity (Wildman–Crippen MR) is 115 cm³/mol. The van der Waals surface area contributed by atoms with Crippen molar-refractivity contribution in [2.45, 2.75) is 6.92 Å². The van der Waals surface area contributed by atoms with E-state index in [1.165, 1.54) is 18.2 Å². The Morgan fingerprint density at radius 2 is 1.90 bits per heavy atom. The molecule has 0 radical (unpaired) electrons. The smallest absolute Gasteiger partial charge is 0.273 e. The number of carbonyl (C=O) groups is 1. The lowest BCUT2D eigenvalue weighted by molar-refractivity contribution is -0.385. The van der Waals surface area contributed by atoms with E-state index < -0.39 is 10.8 Å². The molecule has 4 rings (SSSR count). The summed E-state index contributed by atoms with van der Waals surface area (Å²) in [7, 11) is 0. The summed E-state index contributed by atoms with van der Waals surface area (Å²) in [5, 5.41) is 14.8. The van der Waals surface area contributed by atoms with Crippen LogP contribution in [0.1, 0.15) is 15.9 Å². The van der Waals surface area contributed by atoms with Gasteiger partial charge in [0, 0.05) is 27.9 Å². The molecule has 0 aliphatic carbocycles. The highest BCUT2D eigenvalue weighted by atomic mass is 35.5. The van der Waals surface area contributed by atoms with Gasteiger partial charge in [-0.05, 0) is 49.4 Å². The van der Waals surface area contributed by atoms with E-state index in [4.69, 9.17) is 27.6 Å². The zero-order valence-corrected chi connectivity index (χ0v) is 17.0.